The highest BCUT2D eigenvalue weighted by molar-refractivity contribution is 5.74. The van der Waals surface area contributed by atoms with E-state index in [2.05, 4.69) is 10.6 Å². The molecule has 0 aromatic rings. The summed E-state index contributed by atoms with van der Waals surface area (Å²) in [4.78, 5) is 21.5. The maximum Gasteiger partial charge on any atom is 0.329 e. The summed E-state index contributed by atoms with van der Waals surface area (Å²) in [5, 5.41) is 13.7. The van der Waals surface area contributed by atoms with E-state index in [1.165, 1.54) is 0 Å². The number of hydrogen-bond donors (Lipinski definition) is 3. The van der Waals surface area contributed by atoms with Crippen LogP contribution in [-0.4, -0.2) is 56.1 Å². The summed E-state index contributed by atoms with van der Waals surface area (Å²) in [5.41, 5.74) is 0. The average Bonchev–Trinajstić information content (AvgIpc) is 2.29. The van der Waals surface area contributed by atoms with Gasteiger partial charge in [-0.15, -0.1) is 0 Å². The van der Waals surface area contributed by atoms with Crippen molar-refractivity contribution in [1.82, 2.24) is 10.6 Å². The van der Waals surface area contributed by atoms with Crippen LogP contribution in [0.1, 0.15) is 12.8 Å². The molecule has 1 atom stereocenters. The van der Waals surface area contributed by atoms with Gasteiger partial charge in [0.1, 0.15) is 6.61 Å². The Morgan fingerprint density at radius 1 is 1.47 bits per heavy atom. The van der Waals surface area contributed by atoms with Crippen LogP contribution >= 0.6 is 0 Å². The molecule has 1 unspecified atom stereocenters. The zero-order valence-corrected chi connectivity index (χ0v) is 9.61. The van der Waals surface area contributed by atoms with Gasteiger partial charge in [0.15, 0.2) is 0 Å². The van der Waals surface area contributed by atoms with E-state index in [-0.39, 0.29) is 31.8 Å². The second kappa shape index (κ2) is 7.86. The Balaban J connectivity index is 1.98. The van der Waals surface area contributed by atoms with E-state index in [0.717, 1.165) is 19.4 Å². The molecule has 1 heterocycles. The van der Waals surface area contributed by atoms with E-state index in [9.17, 15) is 9.59 Å². The van der Waals surface area contributed by atoms with E-state index >= 15 is 0 Å². The van der Waals surface area contributed by atoms with Crippen molar-refractivity contribution < 1.29 is 24.2 Å². The Morgan fingerprint density at radius 2 is 2.29 bits per heavy atom. The van der Waals surface area contributed by atoms with E-state index in [0.29, 0.717) is 6.61 Å². The Kier molecular flexibility index (Phi) is 6.34. The van der Waals surface area contributed by atoms with Gasteiger partial charge in [0.2, 0.25) is 0 Å². The molecule has 1 fully saturated rings. The summed E-state index contributed by atoms with van der Waals surface area (Å²) in [6, 6.07) is -0.219. The van der Waals surface area contributed by atoms with E-state index in [4.69, 9.17) is 14.6 Å². The summed E-state index contributed by atoms with van der Waals surface area (Å²) in [7, 11) is 0. The number of carboxylic acid groups (broad SMARTS) is 1. The van der Waals surface area contributed by atoms with E-state index < -0.39 is 5.97 Å². The van der Waals surface area contributed by atoms with Crippen molar-refractivity contribution >= 4 is 12.0 Å². The fourth-order valence-corrected chi connectivity index (χ4v) is 1.49. The van der Waals surface area contributed by atoms with Gasteiger partial charge in [0, 0.05) is 13.2 Å². The fraction of sp³-hybridized carbons (Fsp3) is 0.800. The predicted molar refractivity (Wildman–Crippen MR) is 58.8 cm³/mol. The second-order valence-corrected chi connectivity index (χ2v) is 3.76. The molecule has 7 nitrogen and oxygen atoms in total. The van der Waals surface area contributed by atoms with E-state index in [1.807, 2.05) is 0 Å². The van der Waals surface area contributed by atoms with Gasteiger partial charge in [0.05, 0.1) is 19.3 Å². The van der Waals surface area contributed by atoms with Gasteiger partial charge in [-0.05, 0) is 12.8 Å². The van der Waals surface area contributed by atoms with Gasteiger partial charge in [-0.25, -0.2) is 9.59 Å². The number of urea groups is 1. The SMILES string of the molecule is O=C(O)COCCNC(=O)NC1CCCOC1. The molecule has 17 heavy (non-hydrogen) atoms. The number of ether oxygens (including phenoxy) is 2. The molecule has 1 rings (SSSR count). The number of aliphatic carboxylic acids is 1. The minimum atomic E-state index is -1.02. The lowest BCUT2D eigenvalue weighted by molar-refractivity contribution is -0.142. The van der Waals surface area contributed by atoms with Crippen LogP contribution in [0.4, 0.5) is 4.79 Å². The third kappa shape index (κ3) is 6.75. The molecule has 1 saturated heterocycles. The fourth-order valence-electron chi connectivity index (χ4n) is 1.49. The maximum atomic E-state index is 11.4. The molecular formula is C10H18N2O5. The Labute approximate surface area is 99.5 Å². The van der Waals surface area contributed by atoms with Crippen molar-refractivity contribution in [3.05, 3.63) is 0 Å². The van der Waals surface area contributed by atoms with Crippen LogP contribution in [0.25, 0.3) is 0 Å². The van der Waals surface area contributed by atoms with Crippen LogP contribution in [0, 0.1) is 0 Å². The van der Waals surface area contributed by atoms with Gasteiger partial charge >= 0.3 is 12.0 Å². The Hall–Kier alpha value is -1.34. The zero-order valence-electron chi connectivity index (χ0n) is 9.61. The highest BCUT2D eigenvalue weighted by Crippen LogP contribution is 2.04. The van der Waals surface area contributed by atoms with Crippen LogP contribution in [0.15, 0.2) is 0 Å². The normalized spacial score (nSPS) is 19.6. The zero-order chi connectivity index (χ0) is 12.5. The molecule has 0 aliphatic carbocycles. The van der Waals surface area contributed by atoms with Crippen molar-refractivity contribution in [2.45, 2.75) is 18.9 Å². The Bertz CT molecular complexity index is 253. The molecule has 0 aromatic carbocycles. The number of carboxylic acids is 1. The van der Waals surface area contributed by atoms with E-state index in [1.54, 1.807) is 0 Å². The number of nitrogens with one attached hydrogen (secondary N) is 2. The van der Waals surface area contributed by atoms with Crippen LogP contribution in [0.2, 0.25) is 0 Å². The number of carbonyl (C=O) groups is 2. The summed E-state index contributed by atoms with van der Waals surface area (Å²) in [6.45, 7) is 1.42. The highest BCUT2D eigenvalue weighted by Gasteiger charge is 2.15. The summed E-state index contributed by atoms with van der Waals surface area (Å²) in [6.07, 6.45) is 1.87. The van der Waals surface area contributed by atoms with Crippen LogP contribution < -0.4 is 10.6 Å². The number of hydrogen-bond acceptors (Lipinski definition) is 4. The third-order valence-electron chi connectivity index (χ3n) is 2.25. The van der Waals surface area contributed by atoms with Gasteiger partial charge in [-0.1, -0.05) is 0 Å². The minimum Gasteiger partial charge on any atom is -0.480 e. The van der Waals surface area contributed by atoms with Gasteiger partial charge in [0.25, 0.3) is 0 Å². The molecule has 0 bridgehead atoms. The van der Waals surface area contributed by atoms with Gasteiger partial charge < -0.3 is 25.2 Å². The molecule has 2 amide bonds. The number of amides is 2. The quantitative estimate of drug-likeness (QED) is 0.552. The molecule has 1 aliphatic heterocycles. The molecule has 1 aliphatic rings. The van der Waals surface area contributed by atoms with Crippen LogP contribution in [-0.2, 0) is 14.3 Å². The molecule has 3 N–H and O–H groups in total. The second-order valence-electron chi connectivity index (χ2n) is 3.76. The van der Waals surface area contributed by atoms with Crippen molar-refractivity contribution in [2.75, 3.05) is 33.0 Å². The summed E-state index contributed by atoms with van der Waals surface area (Å²) < 4.78 is 9.99. The van der Waals surface area contributed by atoms with Crippen molar-refractivity contribution in [1.29, 1.82) is 0 Å². The summed E-state index contributed by atoms with van der Waals surface area (Å²) in [5.74, 6) is -1.02. The molecule has 0 spiro atoms. The van der Waals surface area contributed by atoms with Crippen LogP contribution in [0.3, 0.4) is 0 Å². The van der Waals surface area contributed by atoms with Crippen LogP contribution in [0.5, 0.6) is 0 Å². The molecular weight excluding hydrogens is 228 g/mol. The van der Waals surface area contributed by atoms with Gasteiger partial charge in [-0.2, -0.15) is 0 Å². The molecule has 98 valence electrons. The lowest BCUT2D eigenvalue weighted by atomic mass is 10.1. The average molecular weight is 246 g/mol. The van der Waals surface area contributed by atoms with Gasteiger partial charge in [-0.3, -0.25) is 0 Å². The Morgan fingerprint density at radius 3 is 2.94 bits per heavy atom. The highest BCUT2D eigenvalue weighted by atomic mass is 16.5. The summed E-state index contributed by atoms with van der Waals surface area (Å²) >= 11 is 0. The molecule has 7 heteroatoms. The first-order valence-corrected chi connectivity index (χ1v) is 5.60. The number of rotatable bonds is 6. The standard InChI is InChI=1S/C10H18N2O5/c13-9(14)7-17-5-3-11-10(15)12-8-2-1-4-16-6-8/h8H,1-7H2,(H,13,14)(H2,11,12,15). The lowest BCUT2D eigenvalue weighted by Crippen LogP contribution is -2.46. The molecule has 0 radical (unpaired) electrons. The third-order valence-corrected chi connectivity index (χ3v) is 2.25. The molecule has 0 aromatic heterocycles. The number of carbonyl (C=O) groups excluding carboxylic acids is 1. The maximum absolute atomic E-state index is 11.4. The first-order valence-electron chi connectivity index (χ1n) is 5.60. The molecule has 0 saturated carbocycles. The van der Waals surface area contributed by atoms with Crippen molar-refractivity contribution in [3.8, 4) is 0 Å². The first-order chi connectivity index (χ1) is 8.18. The first kappa shape index (κ1) is 13.7. The monoisotopic (exact) mass is 246 g/mol. The van der Waals surface area contributed by atoms with Crippen molar-refractivity contribution in [3.63, 3.8) is 0 Å². The predicted octanol–water partition coefficient (Wildman–Crippen LogP) is -0.434. The topological polar surface area (TPSA) is 96.9 Å². The van der Waals surface area contributed by atoms with Crippen molar-refractivity contribution in [2.24, 2.45) is 0 Å². The smallest absolute Gasteiger partial charge is 0.329 e. The minimum absolute atomic E-state index is 0.0590. The lowest BCUT2D eigenvalue weighted by Gasteiger charge is -2.23. The largest absolute Gasteiger partial charge is 0.480 e.